The Hall–Kier alpha value is -2.28. The molecule has 0 heterocycles. The van der Waals surface area contributed by atoms with E-state index >= 15 is 0 Å². The van der Waals surface area contributed by atoms with Gasteiger partial charge in [-0.05, 0) is 36.5 Å². The Kier molecular flexibility index (Phi) is 6.29. The van der Waals surface area contributed by atoms with E-state index in [1.54, 1.807) is 0 Å². The number of phenolic OH excluding ortho intramolecular Hbond substituents is 2. The number of phenols is 2. The van der Waals surface area contributed by atoms with E-state index in [2.05, 4.69) is 6.92 Å². The molecule has 0 aromatic heterocycles. The number of aliphatic hydroxyl groups is 1. The van der Waals surface area contributed by atoms with E-state index in [1.807, 2.05) is 13.8 Å². The molecule has 2 aliphatic rings. The molecule has 1 aromatic carbocycles. The van der Waals surface area contributed by atoms with Crippen LogP contribution in [0.5, 0.6) is 17.2 Å². The first-order valence-electron chi connectivity index (χ1n) is 11.0. The van der Waals surface area contributed by atoms with Gasteiger partial charge in [0.15, 0.2) is 17.3 Å². The smallest absolute Gasteiger partial charge is 0.302 e. The molecule has 172 valence electrons. The molecule has 3 atom stereocenters. The number of benzene rings is 1. The molecule has 0 aliphatic heterocycles. The predicted molar refractivity (Wildman–Crippen MR) is 115 cm³/mol. The second-order valence-corrected chi connectivity index (χ2v) is 9.64. The molecule has 2 aliphatic carbocycles. The number of fused-ring (bicyclic) bond motifs is 3. The molecule has 1 saturated carbocycles. The van der Waals surface area contributed by atoms with Crippen LogP contribution in [0.2, 0.25) is 0 Å². The summed E-state index contributed by atoms with van der Waals surface area (Å²) < 4.78 is 10.6. The van der Waals surface area contributed by atoms with E-state index in [0.717, 1.165) is 12.8 Å². The third-order valence-electron chi connectivity index (χ3n) is 7.53. The van der Waals surface area contributed by atoms with Crippen molar-refractivity contribution in [2.75, 3.05) is 20.3 Å². The van der Waals surface area contributed by atoms with Crippen LogP contribution in [-0.2, 0) is 14.9 Å². The highest BCUT2D eigenvalue weighted by molar-refractivity contribution is 6.04. The first-order chi connectivity index (χ1) is 14.5. The van der Waals surface area contributed by atoms with Gasteiger partial charge in [-0.25, -0.2) is 0 Å². The Morgan fingerprint density at radius 1 is 1.23 bits per heavy atom. The monoisotopic (exact) mass is 434 g/mol. The number of hydrogen-bond donors (Lipinski definition) is 3. The van der Waals surface area contributed by atoms with E-state index < -0.39 is 5.41 Å². The second kappa shape index (κ2) is 8.34. The van der Waals surface area contributed by atoms with E-state index in [9.17, 15) is 24.9 Å². The van der Waals surface area contributed by atoms with Crippen molar-refractivity contribution in [3.8, 4) is 17.2 Å². The average Bonchev–Trinajstić information content (AvgIpc) is 2.69. The minimum absolute atomic E-state index is 0.108. The minimum Gasteiger partial charge on any atom is -0.507 e. The Labute approximate surface area is 183 Å². The summed E-state index contributed by atoms with van der Waals surface area (Å²) in [7, 11) is 1.42. The van der Waals surface area contributed by atoms with Crippen LogP contribution < -0.4 is 4.74 Å². The van der Waals surface area contributed by atoms with Gasteiger partial charge in [-0.1, -0.05) is 27.2 Å². The lowest BCUT2D eigenvalue weighted by Gasteiger charge is -2.56. The maximum absolute atomic E-state index is 13.3. The third-order valence-corrected chi connectivity index (χ3v) is 7.53. The number of ketones is 1. The Morgan fingerprint density at radius 3 is 2.45 bits per heavy atom. The molecule has 0 amide bonds. The van der Waals surface area contributed by atoms with Gasteiger partial charge in [-0.2, -0.15) is 0 Å². The van der Waals surface area contributed by atoms with Crippen molar-refractivity contribution in [1.82, 2.24) is 0 Å². The molecule has 0 spiro atoms. The highest BCUT2D eigenvalue weighted by atomic mass is 16.5. The normalized spacial score (nSPS) is 27.6. The fraction of sp³-hybridized carbons (Fsp3) is 0.667. The Bertz CT molecular complexity index is 891. The molecule has 1 fully saturated rings. The summed E-state index contributed by atoms with van der Waals surface area (Å²) in [6, 6.07) is 0. The second-order valence-electron chi connectivity index (χ2n) is 9.64. The SMILES string of the molecule is COc1c(O)c2c(c(O)c1C(C)C)C(=O)C[C@H]1[C@](C)(CCOC(C)=O)CCC[C@]21CO. The van der Waals surface area contributed by atoms with Crippen LogP contribution in [0.15, 0.2) is 0 Å². The number of carbonyl (C=O) groups is 2. The lowest BCUT2D eigenvalue weighted by molar-refractivity contribution is -0.142. The van der Waals surface area contributed by atoms with Gasteiger partial charge in [0.05, 0.1) is 25.9 Å². The predicted octanol–water partition coefficient (Wildman–Crippen LogP) is 3.81. The van der Waals surface area contributed by atoms with Crippen molar-refractivity contribution in [1.29, 1.82) is 0 Å². The van der Waals surface area contributed by atoms with Gasteiger partial charge in [0.25, 0.3) is 0 Å². The van der Waals surface area contributed by atoms with Gasteiger partial charge in [0, 0.05) is 29.9 Å². The number of hydrogen-bond acceptors (Lipinski definition) is 7. The van der Waals surface area contributed by atoms with Crippen molar-refractivity contribution >= 4 is 11.8 Å². The van der Waals surface area contributed by atoms with Gasteiger partial charge in [0.1, 0.15) is 5.75 Å². The van der Waals surface area contributed by atoms with E-state index in [4.69, 9.17) is 9.47 Å². The minimum atomic E-state index is -0.892. The van der Waals surface area contributed by atoms with Crippen molar-refractivity contribution in [2.45, 2.75) is 71.1 Å². The largest absolute Gasteiger partial charge is 0.507 e. The summed E-state index contributed by atoms with van der Waals surface area (Å²) >= 11 is 0. The van der Waals surface area contributed by atoms with Crippen LogP contribution in [0.25, 0.3) is 0 Å². The molecule has 3 N–H and O–H groups in total. The zero-order chi connectivity index (χ0) is 23.1. The summed E-state index contributed by atoms with van der Waals surface area (Å²) in [5.74, 6) is -1.23. The number of esters is 1. The lowest BCUT2D eigenvalue weighted by atomic mass is 9.48. The quantitative estimate of drug-likeness (QED) is 0.461. The Balaban J connectivity index is 2.22. The molecule has 0 radical (unpaired) electrons. The standard InChI is InChI=1S/C24H34O7/c1-13(2)17-20(28)18-15(27)11-16-23(4,9-10-31-14(3)26)7-6-8-24(16,12-25)19(18)21(29)22(17)30-5/h13,16,25,28-29H,6-12H2,1-5H3/t16-,23-,24+/m0/s1. The maximum Gasteiger partial charge on any atom is 0.302 e. The first kappa shape index (κ1) is 23.4. The van der Waals surface area contributed by atoms with Gasteiger partial charge in [-0.15, -0.1) is 0 Å². The zero-order valence-corrected chi connectivity index (χ0v) is 19.1. The summed E-state index contributed by atoms with van der Waals surface area (Å²) in [5.41, 5.74) is -0.468. The number of rotatable bonds is 6. The molecule has 31 heavy (non-hydrogen) atoms. The summed E-state index contributed by atoms with van der Waals surface area (Å²) in [6.07, 6.45) is 2.87. The van der Waals surface area contributed by atoms with Crippen molar-refractivity contribution in [3.63, 3.8) is 0 Å². The van der Waals surface area contributed by atoms with Crippen LogP contribution in [-0.4, -0.2) is 47.4 Å². The fourth-order valence-electron chi connectivity index (χ4n) is 6.07. The van der Waals surface area contributed by atoms with Gasteiger partial charge in [-0.3, -0.25) is 9.59 Å². The van der Waals surface area contributed by atoms with Crippen molar-refractivity contribution < 1.29 is 34.4 Å². The highest BCUT2D eigenvalue weighted by Crippen LogP contribution is 2.63. The number of carbonyl (C=O) groups excluding carboxylic acids is 2. The number of Topliss-reactive ketones (excluding diaryl/α,β-unsaturated/α-hetero) is 1. The van der Waals surface area contributed by atoms with E-state index in [-0.39, 0.29) is 71.4 Å². The van der Waals surface area contributed by atoms with Crippen molar-refractivity contribution in [3.05, 3.63) is 16.7 Å². The maximum atomic E-state index is 13.3. The van der Waals surface area contributed by atoms with Crippen LogP contribution in [0.1, 0.15) is 87.2 Å². The van der Waals surface area contributed by atoms with Crippen LogP contribution in [0.4, 0.5) is 0 Å². The molecule has 7 heteroatoms. The molecule has 0 bridgehead atoms. The molecule has 1 aromatic rings. The average molecular weight is 435 g/mol. The summed E-state index contributed by atoms with van der Waals surface area (Å²) in [5, 5.41) is 33.1. The van der Waals surface area contributed by atoms with Crippen LogP contribution >= 0.6 is 0 Å². The van der Waals surface area contributed by atoms with Crippen LogP contribution in [0, 0.1) is 11.3 Å². The van der Waals surface area contributed by atoms with Gasteiger partial charge in [0.2, 0.25) is 0 Å². The lowest BCUT2D eigenvalue weighted by Crippen LogP contribution is -2.54. The molecular weight excluding hydrogens is 400 g/mol. The third kappa shape index (κ3) is 3.56. The van der Waals surface area contributed by atoms with E-state index in [1.165, 1.54) is 14.0 Å². The van der Waals surface area contributed by atoms with E-state index in [0.29, 0.717) is 24.0 Å². The molecular formula is C24H34O7. The number of methoxy groups -OCH3 is 1. The van der Waals surface area contributed by atoms with Gasteiger partial charge >= 0.3 is 5.97 Å². The molecule has 0 saturated heterocycles. The van der Waals surface area contributed by atoms with Gasteiger partial charge < -0.3 is 24.8 Å². The molecule has 0 unspecified atom stereocenters. The fourth-order valence-corrected chi connectivity index (χ4v) is 6.07. The Morgan fingerprint density at radius 2 is 1.90 bits per heavy atom. The first-order valence-corrected chi connectivity index (χ1v) is 11.0. The molecule has 7 nitrogen and oxygen atoms in total. The van der Waals surface area contributed by atoms with Crippen LogP contribution in [0.3, 0.4) is 0 Å². The molecule has 3 rings (SSSR count). The van der Waals surface area contributed by atoms with Crippen molar-refractivity contribution in [2.24, 2.45) is 11.3 Å². The zero-order valence-electron chi connectivity index (χ0n) is 19.1. The topological polar surface area (TPSA) is 113 Å². The summed E-state index contributed by atoms with van der Waals surface area (Å²) in [4.78, 5) is 24.6. The number of aliphatic hydroxyl groups excluding tert-OH is 1. The number of aromatic hydroxyl groups is 2. The number of ether oxygens (including phenoxy) is 2. The highest BCUT2D eigenvalue weighted by Gasteiger charge is 2.58. The summed E-state index contributed by atoms with van der Waals surface area (Å²) in [6.45, 7) is 7.10.